The van der Waals surface area contributed by atoms with E-state index < -0.39 is 0 Å². The molecule has 1 aromatic carbocycles. The number of nitrogens with two attached hydrogens (primary N) is 1. The molecule has 1 aromatic rings. The number of hydrogen-bond acceptors (Lipinski definition) is 2. The first-order valence-corrected chi connectivity index (χ1v) is 11.7. The highest BCUT2D eigenvalue weighted by molar-refractivity contribution is 5.96. The molecule has 4 aliphatic carbocycles. The van der Waals surface area contributed by atoms with Crippen molar-refractivity contribution in [3.05, 3.63) is 29.3 Å². The van der Waals surface area contributed by atoms with Gasteiger partial charge in [-0.3, -0.25) is 9.59 Å². The maximum absolute atomic E-state index is 12.7. The molecule has 4 N–H and O–H groups in total. The van der Waals surface area contributed by atoms with E-state index in [0.717, 1.165) is 34.6 Å². The van der Waals surface area contributed by atoms with Crippen LogP contribution in [0.25, 0.3) is 0 Å². The van der Waals surface area contributed by atoms with Crippen molar-refractivity contribution in [1.29, 1.82) is 0 Å². The predicted octanol–water partition coefficient (Wildman–Crippen LogP) is 2.91. The average Bonchev–Trinajstić information content (AvgIpc) is 2.68. The van der Waals surface area contributed by atoms with Crippen LogP contribution < -0.4 is 16.0 Å². The van der Waals surface area contributed by atoms with E-state index in [1.165, 1.54) is 38.5 Å². The summed E-state index contributed by atoms with van der Waals surface area (Å²) >= 11 is 0. The van der Waals surface area contributed by atoms with Crippen molar-refractivity contribution in [2.75, 3.05) is 11.9 Å². The Kier molecular flexibility index (Phi) is 5.93. The zero-order valence-electron chi connectivity index (χ0n) is 19.0. The second-order valence-corrected chi connectivity index (χ2v) is 10.6. The van der Waals surface area contributed by atoms with Gasteiger partial charge in [0.1, 0.15) is 0 Å². The number of hydrogen-bond donors (Lipinski definition) is 3. The van der Waals surface area contributed by atoms with Gasteiger partial charge in [-0.1, -0.05) is 18.2 Å². The van der Waals surface area contributed by atoms with Crippen molar-refractivity contribution in [2.24, 2.45) is 23.2 Å². The summed E-state index contributed by atoms with van der Waals surface area (Å²) in [6.45, 7) is 8.25. The topological polar surface area (TPSA) is 74.8 Å². The van der Waals surface area contributed by atoms with Crippen molar-refractivity contribution in [2.45, 2.75) is 78.3 Å². The van der Waals surface area contributed by atoms with Gasteiger partial charge in [0.05, 0.1) is 12.6 Å². The lowest BCUT2D eigenvalue weighted by Gasteiger charge is -2.58. The molecule has 0 unspecified atom stereocenters. The highest BCUT2D eigenvalue weighted by Gasteiger charge is 2.54. The maximum atomic E-state index is 12.7. The van der Waals surface area contributed by atoms with Crippen molar-refractivity contribution in [1.82, 2.24) is 5.32 Å². The molecule has 30 heavy (non-hydrogen) atoms. The lowest BCUT2D eigenvalue weighted by Crippen LogP contribution is -2.98. The van der Waals surface area contributed by atoms with Crippen LogP contribution >= 0.6 is 0 Å². The van der Waals surface area contributed by atoms with Crippen LogP contribution in [-0.4, -0.2) is 30.4 Å². The molecule has 0 aliphatic heterocycles. The number of nitrogens with one attached hydrogen (secondary N) is 2. The van der Waals surface area contributed by atoms with Gasteiger partial charge in [-0.05, 0) is 95.1 Å². The van der Waals surface area contributed by atoms with E-state index in [-0.39, 0.29) is 24.4 Å². The summed E-state index contributed by atoms with van der Waals surface area (Å²) in [5, 5.41) is 8.03. The van der Waals surface area contributed by atoms with Gasteiger partial charge >= 0.3 is 0 Å². The molecule has 0 saturated heterocycles. The molecule has 5 rings (SSSR count). The standard InChI is InChI=1S/C25H37N3O2/c1-15-6-5-7-16(2)23(15)28-22(29)14-26-24(30)17(3)27-18(4)25-11-19-8-20(12-25)10-21(9-19)13-25/h5-7,17-21,27H,8-14H2,1-4H3,(H,26,30)(H,28,29)/p+1/t17-,18-,19?,20?,21?,25?/m1/s1. The minimum Gasteiger partial charge on any atom is -0.342 e. The molecule has 5 nitrogen and oxygen atoms in total. The van der Waals surface area contributed by atoms with Gasteiger partial charge in [-0.2, -0.15) is 0 Å². The molecule has 2 amide bonds. The van der Waals surface area contributed by atoms with Gasteiger partial charge in [0.15, 0.2) is 6.04 Å². The van der Waals surface area contributed by atoms with Crippen LogP contribution in [0.4, 0.5) is 5.69 Å². The largest absolute Gasteiger partial charge is 0.342 e. The van der Waals surface area contributed by atoms with Crippen LogP contribution in [0.5, 0.6) is 0 Å². The molecule has 0 spiro atoms. The summed E-state index contributed by atoms with van der Waals surface area (Å²) in [7, 11) is 0. The van der Waals surface area contributed by atoms with Gasteiger partial charge in [0.25, 0.3) is 5.91 Å². The zero-order chi connectivity index (χ0) is 21.5. The summed E-state index contributed by atoms with van der Waals surface area (Å²) < 4.78 is 0. The molecular formula is C25H38N3O2+. The molecule has 4 bridgehead atoms. The molecule has 4 aliphatic rings. The first kappa shape index (κ1) is 21.4. The number of anilines is 1. The SMILES string of the molecule is Cc1cccc(C)c1NC(=O)CNC(=O)[C@@H](C)[NH2+][C@H](C)C12CC3CC(CC(C3)C1)C2. The van der Waals surface area contributed by atoms with E-state index >= 15 is 0 Å². The van der Waals surface area contributed by atoms with E-state index in [1.807, 2.05) is 39.0 Å². The molecular weight excluding hydrogens is 374 g/mol. The Labute approximate surface area is 180 Å². The van der Waals surface area contributed by atoms with Crippen molar-refractivity contribution in [3.8, 4) is 0 Å². The lowest BCUT2D eigenvalue weighted by atomic mass is 9.48. The number of amides is 2. The Morgan fingerprint density at radius 3 is 2.10 bits per heavy atom. The summed E-state index contributed by atoms with van der Waals surface area (Å²) in [6.07, 6.45) is 8.38. The Balaban J connectivity index is 1.27. The number of carbonyl (C=O) groups excluding carboxylic acids is 2. The molecule has 2 atom stereocenters. The third-order valence-corrected chi connectivity index (χ3v) is 8.21. The summed E-state index contributed by atoms with van der Waals surface area (Å²) in [6, 6.07) is 6.20. The quantitative estimate of drug-likeness (QED) is 0.644. The van der Waals surface area contributed by atoms with E-state index in [9.17, 15) is 9.59 Å². The van der Waals surface area contributed by atoms with E-state index in [0.29, 0.717) is 11.5 Å². The molecule has 4 fully saturated rings. The summed E-state index contributed by atoms with van der Waals surface area (Å²) in [5.74, 6) is 2.53. The average molecular weight is 413 g/mol. The highest BCUT2D eigenvalue weighted by Crippen LogP contribution is 2.60. The number of aryl methyl sites for hydroxylation is 2. The summed E-state index contributed by atoms with van der Waals surface area (Å²) in [5.41, 5.74) is 3.32. The van der Waals surface area contributed by atoms with Gasteiger partial charge in [-0.15, -0.1) is 0 Å². The van der Waals surface area contributed by atoms with Crippen LogP contribution in [0.2, 0.25) is 0 Å². The van der Waals surface area contributed by atoms with Crippen LogP contribution in [-0.2, 0) is 9.59 Å². The number of benzene rings is 1. The normalized spacial score (nSPS) is 31.3. The first-order chi connectivity index (χ1) is 14.3. The van der Waals surface area contributed by atoms with Crippen LogP contribution in [0.3, 0.4) is 0 Å². The first-order valence-electron chi connectivity index (χ1n) is 11.7. The van der Waals surface area contributed by atoms with E-state index in [4.69, 9.17) is 0 Å². The summed E-state index contributed by atoms with van der Waals surface area (Å²) in [4.78, 5) is 25.0. The Bertz CT molecular complexity index is 763. The Morgan fingerprint density at radius 1 is 1.03 bits per heavy atom. The van der Waals surface area contributed by atoms with Crippen LogP contribution in [0, 0.1) is 37.0 Å². The van der Waals surface area contributed by atoms with Gasteiger partial charge in [-0.25, -0.2) is 0 Å². The minimum absolute atomic E-state index is 0.0105. The smallest absolute Gasteiger partial charge is 0.278 e. The van der Waals surface area contributed by atoms with Crippen LogP contribution in [0.1, 0.15) is 63.5 Å². The fraction of sp³-hybridized carbons (Fsp3) is 0.680. The molecule has 5 heteroatoms. The molecule has 4 saturated carbocycles. The molecule has 164 valence electrons. The van der Waals surface area contributed by atoms with Gasteiger partial charge in [0, 0.05) is 11.1 Å². The molecule has 0 heterocycles. The maximum Gasteiger partial charge on any atom is 0.278 e. The lowest BCUT2D eigenvalue weighted by molar-refractivity contribution is -0.719. The second-order valence-electron chi connectivity index (χ2n) is 10.6. The number of rotatable bonds is 7. The van der Waals surface area contributed by atoms with Gasteiger partial charge < -0.3 is 16.0 Å². The monoisotopic (exact) mass is 412 g/mol. The molecule has 0 aromatic heterocycles. The highest BCUT2D eigenvalue weighted by atomic mass is 16.2. The Morgan fingerprint density at radius 2 is 1.57 bits per heavy atom. The van der Waals surface area contributed by atoms with Crippen molar-refractivity contribution in [3.63, 3.8) is 0 Å². The fourth-order valence-electron chi connectivity index (χ4n) is 6.98. The van der Waals surface area contributed by atoms with Gasteiger partial charge in [0.2, 0.25) is 5.91 Å². The van der Waals surface area contributed by atoms with Crippen molar-refractivity contribution >= 4 is 17.5 Å². The van der Waals surface area contributed by atoms with Crippen molar-refractivity contribution < 1.29 is 14.9 Å². The van der Waals surface area contributed by atoms with Crippen LogP contribution in [0.15, 0.2) is 18.2 Å². The van der Waals surface area contributed by atoms with E-state index in [1.54, 1.807) is 0 Å². The third kappa shape index (κ3) is 4.27. The van der Waals surface area contributed by atoms with E-state index in [2.05, 4.69) is 22.9 Å². The number of para-hydroxylation sites is 1. The molecule has 0 radical (unpaired) electrons. The number of quaternary nitrogens is 1. The zero-order valence-corrected chi connectivity index (χ0v) is 19.0. The third-order valence-electron chi connectivity index (χ3n) is 8.21. The fourth-order valence-corrected chi connectivity index (χ4v) is 6.98. The number of carbonyl (C=O) groups is 2. The second kappa shape index (κ2) is 8.33. The Hall–Kier alpha value is -1.88. The minimum atomic E-state index is -0.180. The predicted molar refractivity (Wildman–Crippen MR) is 119 cm³/mol.